The third-order valence-corrected chi connectivity index (χ3v) is 5.63. The number of benzene rings is 2. The highest BCUT2D eigenvalue weighted by Crippen LogP contribution is 2.23. The van der Waals surface area contributed by atoms with Crippen molar-refractivity contribution in [3.63, 3.8) is 0 Å². The van der Waals surface area contributed by atoms with Crippen LogP contribution in [0.15, 0.2) is 36.4 Å². The van der Waals surface area contributed by atoms with Gasteiger partial charge in [0.2, 0.25) is 11.8 Å². The number of phenols is 1. The van der Waals surface area contributed by atoms with E-state index in [1.165, 1.54) is 0 Å². The molecule has 0 spiro atoms. The summed E-state index contributed by atoms with van der Waals surface area (Å²) < 4.78 is 0. The Morgan fingerprint density at radius 2 is 1.83 bits per heavy atom. The van der Waals surface area contributed by atoms with E-state index >= 15 is 0 Å². The average Bonchev–Trinajstić information content (AvgIpc) is 2.80. The van der Waals surface area contributed by atoms with Crippen molar-refractivity contribution < 1.29 is 14.7 Å². The molecular formula is C23H29N3O3. The molecule has 2 atom stereocenters. The van der Waals surface area contributed by atoms with Crippen LogP contribution in [0.25, 0.3) is 0 Å². The Morgan fingerprint density at radius 1 is 1.21 bits per heavy atom. The minimum absolute atomic E-state index is 0.163. The highest BCUT2D eigenvalue weighted by Gasteiger charge is 2.29. The number of carbonyl (C=O) groups is 2. The summed E-state index contributed by atoms with van der Waals surface area (Å²) in [6.07, 6.45) is 0.979. The number of aromatic hydroxyl groups is 1. The van der Waals surface area contributed by atoms with Crippen LogP contribution in [0.3, 0.4) is 0 Å². The van der Waals surface area contributed by atoms with Gasteiger partial charge in [0.05, 0.1) is 6.04 Å². The summed E-state index contributed by atoms with van der Waals surface area (Å²) >= 11 is 0. The van der Waals surface area contributed by atoms with Crippen molar-refractivity contribution in [3.05, 3.63) is 64.2 Å². The molecule has 3 rings (SSSR count). The third-order valence-electron chi connectivity index (χ3n) is 5.63. The highest BCUT2D eigenvalue weighted by atomic mass is 16.3. The molecule has 154 valence electrons. The molecule has 2 aromatic rings. The molecule has 2 amide bonds. The van der Waals surface area contributed by atoms with Gasteiger partial charge < -0.3 is 15.7 Å². The summed E-state index contributed by atoms with van der Waals surface area (Å²) in [5.74, 6) is -0.117. The normalized spacial score (nSPS) is 17.3. The van der Waals surface area contributed by atoms with Crippen LogP contribution in [0.5, 0.6) is 5.75 Å². The number of amides is 2. The second-order valence-corrected chi connectivity index (χ2v) is 7.99. The lowest BCUT2D eigenvalue weighted by molar-refractivity contribution is -0.131. The number of phenolic OH excluding ortho intramolecular Hbond substituents is 1. The maximum absolute atomic E-state index is 13.1. The summed E-state index contributed by atoms with van der Waals surface area (Å²) in [5, 5.41) is 15.7. The first-order valence-corrected chi connectivity index (χ1v) is 9.86. The number of nitrogens with zero attached hydrogens (tertiary/aromatic N) is 1. The fourth-order valence-electron chi connectivity index (χ4n) is 3.93. The van der Waals surface area contributed by atoms with Gasteiger partial charge in [-0.25, -0.2) is 0 Å². The molecule has 0 radical (unpaired) electrons. The van der Waals surface area contributed by atoms with Gasteiger partial charge in [0.25, 0.3) is 0 Å². The zero-order valence-corrected chi connectivity index (χ0v) is 17.5. The number of aryl methyl sites for hydroxylation is 2. The first kappa shape index (κ1) is 20.9. The van der Waals surface area contributed by atoms with Gasteiger partial charge in [0.1, 0.15) is 11.8 Å². The van der Waals surface area contributed by atoms with Crippen molar-refractivity contribution >= 4 is 11.8 Å². The largest absolute Gasteiger partial charge is 0.508 e. The van der Waals surface area contributed by atoms with E-state index in [0.717, 1.165) is 27.8 Å². The van der Waals surface area contributed by atoms with Gasteiger partial charge in [-0.3, -0.25) is 14.5 Å². The van der Waals surface area contributed by atoms with E-state index in [0.29, 0.717) is 19.4 Å². The van der Waals surface area contributed by atoms with Crippen LogP contribution in [0.4, 0.5) is 0 Å². The van der Waals surface area contributed by atoms with Crippen LogP contribution in [0.2, 0.25) is 0 Å². The number of hydrogen-bond acceptors (Lipinski definition) is 4. The van der Waals surface area contributed by atoms with E-state index in [-0.39, 0.29) is 17.6 Å². The van der Waals surface area contributed by atoms with Gasteiger partial charge in [-0.2, -0.15) is 0 Å². The smallest absolute Gasteiger partial charge is 0.243 e. The van der Waals surface area contributed by atoms with Crippen LogP contribution in [-0.2, 0) is 29.0 Å². The van der Waals surface area contributed by atoms with Crippen LogP contribution in [0.1, 0.15) is 27.8 Å². The zero-order chi connectivity index (χ0) is 21.1. The summed E-state index contributed by atoms with van der Waals surface area (Å²) in [6, 6.07) is 10.3. The number of carbonyl (C=O) groups excluding carboxylic acids is 2. The quantitative estimate of drug-likeness (QED) is 0.722. The van der Waals surface area contributed by atoms with Gasteiger partial charge in [-0.15, -0.1) is 0 Å². The lowest BCUT2D eigenvalue weighted by atomic mass is 9.94. The average molecular weight is 396 g/mol. The minimum Gasteiger partial charge on any atom is -0.508 e. The molecule has 1 heterocycles. The minimum atomic E-state index is -0.601. The Hall–Kier alpha value is -2.86. The molecule has 2 aromatic carbocycles. The number of rotatable bonds is 5. The van der Waals surface area contributed by atoms with E-state index in [2.05, 4.69) is 10.6 Å². The Bertz CT molecular complexity index is 900. The molecule has 0 saturated heterocycles. The second kappa shape index (κ2) is 8.66. The summed E-state index contributed by atoms with van der Waals surface area (Å²) in [5.41, 5.74) is 5.08. The van der Waals surface area contributed by atoms with Crippen molar-refractivity contribution in [2.24, 2.45) is 0 Å². The van der Waals surface area contributed by atoms with Crippen LogP contribution in [0, 0.1) is 13.8 Å². The zero-order valence-electron chi connectivity index (χ0n) is 17.5. The van der Waals surface area contributed by atoms with E-state index in [1.807, 2.05) is 57.1 Å². The number of likely N-dealkylation sites (N-methyl/N-ethyl adjacent to an activating group) is 1. The van der Waals surface area contributed by atoms with Crippen LogP contribution >= 0.6 is 0 Å². The molecule has 0 fully saturated rings. The van der Waals surface area contributed by atoms with Crippen molar-refractivity contribution in [2.75, 3.05) is 14.1 Å². The van der Waals surface area contributed by atoms with E-state index in [1.54, 1.807) is 12.1 Å². The Kier molecular flexibility index (Phi) is 6.23. The SMILES string of the molecule is Cc1cc(O)cc(C)c1C[C@@H](C(=O)NC1Cc2ccccc2CNC1=O)N(C)C. The van der Waals surface area contributed by atoms with Crippen LogP contribution < -0.4 is 10.6 Å². The number of nitrogens with one attached hydrogen (secondary N) is 2. The summed E-state index contributed by atoms with van der Waals surface area (Å²) in [4.78, 5) is 27.5. The lowest BCUT2D eigenvalue weighted by Gasteiger charge is -2.27. The predicted octanol–water partition coefficient (Wildman–Crippen LogP) is 1.84. The molecule has 6 nitrogen and oxygen atoms in total. The van der Waals surface area contributed by atoms with Gasteiger partial charge in [-0.05, 0) is 74.3 Å². The topological polar surface area (TPSA) is 81.7 Å². The van der Waals surface area contributed by atoms with E-state index < -0.39 is 12.1 Å². The molecule has 0 bridgehead atoms. The molecule has 1 unspecified atom stereocenters. The van der Waals surface area contributed by atoms with Crippen molar-refractivity contribution in [1.82, 2.24) is 15.5 Å². The fraction of sp³-hybridized carbons (Fsp3) is 0.391. The first-order valence-electron chi connectivity index (χ1n) is 9.86. The maximum Gasteiger partial charge on any atom is 0.243 e. The molecule has 6 heteroatoms. The number of hydrogen-bond donors (Lipinski definition) is 3. The monoisotopic (exact) mass is 395 g/mol. The third kappa shape index (κ3) is 4.77. The Balaban J connectivity index is 1.79. The fourth-order valence-corrected chi connectivity index (χ4v) is 3.93. The number of fused-ring (bicyclic) bond motifs is 1. The van der Waals surface area contributed by atoms with Crippen molar-refractivity contribution in [3.8, 4) is 5.75 Å². The molecule has 0 aliphatic carbocycles. The van der Waals surface area contributed by atoms with Gasteiger partial charge in [0, 0.05) is 13.0 Å². The maximum atomic E-state index is 13.1. The predicted molar refractivity (Wildman–Crippen MR) is 113 cm³/mol. The van der Waals surface area contributed by atoms with Crippen molar-refractivity contribution in [1.29, 1.82) is 0 Å². The standard InChI is InChI=1S/C23H29N3O3/c1-14-9-18(27)10-15(2)19(14)12-21(26(3)4)23(29)25-20-11-16-7-5-6-8-17(16)13-24-22(20)28/h5-10,20-21,27H,11-13H2,1-4H3,(H,24,28)(H,25,29)/t20?,21-/m0/s1. The van der Waals surface area contributed by atoms with Gasteiger partial charge >= 0.3 is 0 Å². The lowest BCUT2D eigenvalue weighted by Crippen LogP contribution is -2.53. The molecule has 3 N–H and O–H groups in total. The van der Waals surface area contributed by atoms with Crippen LogP contribution in [-0.4, -0.2) is 48.0 Å². The Morgan fingerprint density at radius 3 is 2.45 bits per heavy atom. The Labute approximate surface area is 171 Å². The van der Waals surface area contributed by atoms with E-state index in [9.17, 15) is 14.7 Å². The van der Waals surface area contributed by atoms with Gasteiger partial charge in [-0.1, -0.05) is 24.3 Å². The van der Waals surface area contributed by atoms with E-state index in [4.69, 9.17) is 0 Å². The highest BCUT2D eigenvalue weighted by molar-refractivity contribution is 5.90. The van der Waals surface area contributed by atoms with Crippen molar-refractivity contribution in [2.45, 2.75) is 45.3 Å². The first-order chi connectivity index (χ1) is 13.8. The summed E-state index contributed by atoms with van der Waals surface area (Å²) in [6.45, 7) is 4.34. The molecular weight excluding hydrogens is 366 g/mol. The van der Waals surface area contributed by atoms with Gasteiger partial charge in [0.15, 0.2) is 0 Å². The molecule has 0 aromatic heterocycles. The summed E-state index contributed by atoms with van der Waals surface area (Å²) in [7, 11) is 3.72. The molecule has 1 aliphatic rings. The second-order valence-electron chi connectivity index (χ2n) is 7.99. The molecule has 1 aliphatic heterocycles. The molecule has 0 saturated carbocycles. The molecule has 29 heavy (non-hydrogen) atoms.